The molecule has 1 fully saturated rings. The van der Waals surface area contributed by atoms with Crippen molar-refractivity contribution in [2.24, 2.45) is 4.99 Å². The fraction of sp³-hybridized carbons (Fsp3) is 0.933. The molecule has 0 spiro atoms. The molecule has 0 radical (unpaired) electrons. The standard InChI is InChI=1S/C15H31N3O4/c1-16-15(17-6-3-8-20-12-11-19-2)18-7-4-9-22-14-5-10-21-13-14/h14H,3-13H2,1-2H3,(H2,16,17,18). The lowest BCUT2D eigenvalue weighted by atomic mass is 10.3. The second-order valence-electron chi connectivity index (χ2n) is 5.09. The average Bonchev–Trinajstić information content (AvgIpc) is 3.05. The summed E-state index contributed by atoms with van der Waals surface area (Å²) in [4.78, 5) is 4.18. The molecule has 7 nitrogen and oxygen atoms in total. The first-order chi connectivity index (χ1) is 10.9. The third-order valence-electron chi connectivity index (χ3n) is 3.27. The van der Waals surface area contributed by atoms with Crippen molar-refractivity contribution in [2.75, 3.05) is 66.9 Å². The maximum atomic E-state index is 5.71. The predicted molar refractivity (Wildman–Crippen MR) is 86.5 cm³/mol. The number of ether oxygens (including phenoxy) is 4. The van der Waals surface area contributed by atoms with Crippen molar-refractivity contribution in [3.05, 3.63) is 0 Å². The Morgan fingerprint density at radius 3 is 2.55 bits per heavy atom. The first-order valence-electron chi connectivity index (χ1n) is 8.07. The average molecular weight is 317 g/mol. The molecule has 7 heteroatoms. The van der Waals surface area contributed by atoms with Crippen LogP contribution in [0.2, 0.25) is 0 Å². The van der Waals surface area contributed by atoms with E-state index in [2.05, 4.69) is 15.6 Å². The third-order valence-corrected chi connectivity index (χ3v) is 3.27. The van der Waals surface area contributed by atoms with Gasteiger partial charge in [0.05, 0.1) is 25.9 Å². The lowest BCUT2D eigenvalue weighted by Crippen LogP contribution is -2.38. The van der Waals surface area contributed by atoms with Crippen molar-refractivity contribution < 1.29 is 18.9 Å². The van der Waals surface area contributed by atoms with E-state index < -0.39 is 0 Å². The lowest BCUT2D eigenvalue weighted by Gasteiger charge is -2.13. The van der Waals surface area contributed by atoms with Crippen molar-refractivity contribution in [1.29, 1.82) is 0 Å². The van der Waals surface area contributed by atoms with Crippen LogP contribution in [0.1, 0.15) is 19.3 Å². The largest absolute Gasteiger partial charge is 0.382 e. The van der Waals surface area contributed by atoms with Gasteiger partial charge in [0.15, 0.2) is 5.96 Å². The van der Waals surface area contributed by atoms with E-state index in [1.54, 1.807) is 14.2 Å². The predicted octanol–water partition coefficient (Wildman–Crippen LogP) is 0.400. The van der Waals surface area contributed by atoms with Crippen LogP contribution in [0.15, 0.2) is 4.99 Å². The van der Waals surface area contributed by atoms with Gasteiger partial charge < -0.3 is 29.6 Å². The molecule has 0 aliphatic carbocycles. The van der Waals surface area contributed by atoms with Crippen LogP contribution in [0.25, 0.3) is 0 Å². The summed E-state index contributed by atoms with van der Waals surface area (Å²) in [6, 6.07) is 0. The first-order valence-corrected chi connectivity index (χ1v) is 8.07. The van der Waals surface area contributed by atoms with E-state index in [0.717, 1.165) is 64.7 Å². The minimum atomic E-state index is 0.288. The van der Waals surface area contributed by atoms with Crippen LogP contribution in [-0.4, -0.2) is 79.0 Å². The number of nitrogens with one attached hydrogen (secondary N) is 2. The van der Waals surface area contributed by atoms with Crippen LogP contribution < -0.4 is 10.6 Å². The van der Waals surface area contributed by atoms with E-state index in [9.17, 15) is 0 Å². The zero-order chi connectivity index (χ0) is 15.9. The van der Waals surface area contributed by atoms with E-state index in [0.29, 0.717) is 13.2 Å². The van der Waals surface area contributed by atoms with Gasteiger partial charge in [-0.25, -0.2) is 0 Å². The molecule has 1 heterocycles. The van der Waals surface area contributed by atoms with E-state index >= 15 is 0 Å². The highest BCUT2D eigenvalue weighted by Crippen LogP contribution is 2.07. The number of aliphatic imine (C=N–C) groups is 1. The van der Waals surface area contributed by atoms with Crippen LogP contribution in [0.5, 0.6) is 0 Å². The quantitative estimate of drug-likeness (QED) is 0.308. The molecule has 0 amide bonds. The molecule has 1 saturated heterocycles. The Labute approximate surface area is 133 Å². The number of hydrogen-bond donors (Lipinski definition) is 2. The minimum absolute atomic E-state index is 0.288. The molecule has 0 saturated carbocycles. The lowest BCUT2D eigenvalue weighted by molar-refractivity contribution is 0.0420. The molecule has 1 aliphatic heterocycles. The van der Waals surface area contributed by atoms with Gasteiger partial charge in [-0.2, -0.15) is 0 Å². The summed E-state index contributed by atoms with van der Waals surface area (Å²) in [5.41, 5.74) is 0. The SMILES string of the molecule is CN=C(NCCCOCCOC)NCCCOC1CCOC1. The molecule has 22 heavy (non-hydrogen) atoms. The van der Waals surface area contributed by atoms with Gasteiger partial charge >= 0.3 is 0 Å². The Hall–Kier alpha value is -0.890. The maximum absolute atomic E-state index is 5.71. The topological polar surface area (TPSA) is 73.3 Å². The van der Waals surface area contributed by atoms with Crippen LogP contribution in [0.3, 0.4) is 0 Å². The van der Waals surface area contributed by atoms with E-state index in [-0.39, 0.29) is 6.10 Å². The number of guanidine groups is 1. The molecule has 0 bridgehead atoms. The molecule has 0 aromatic rings. The van der Waals surface area contributed by atoms with Crippen LogP contribution in [-0.2, 0) is 18.9 Å². The fourth-order valence-corrected chi connectivity index (χ4v) is 2.02. The molecule has 1 aliphatic rings. The van der Waals surface area contributed by atoms with Gasteiger partial charge in [0, 0.05) is 47.1 Å². The van der Waals surface area contributed by atoms with Crippen molar-refractivity contribution in [3.63, 3.8) is 0 Å². The summed E-state index contributed by atoms with van der Waals surface area (Å²) in [6.45, 7) is 6.02. The molecular weight excluding hydrogens is 286 g/mol. The summed E-state index contributed by atoms with van der Waals surface area (Å²) in [6.07, 6.45) is 3.20. The highest BCUT2D eigenvalue weighted by Gasteiger charge is 2.15. The summed E-state index contributed by atoms with van der Waals surface area (Å²) >= 11 is 0. The highest BCUT2D eigenvalue weighted by molar-refractivity contribution is 5.79. The summed E-state index contributed by atoms with van der Waals surface area (Å²) in [7, 11) is 3.45. The zero-order valence-electron chi connectivity index (χ0n) is 13.9. The Morgan fingerprint density at radius 2 is 1.91 bits per heavy atom. The molecule has 1 unspecified atom stereocenters. The smallest absolute Gasteiger partial charge is 0.190 e. The molecule has 1 atom stereocenters. The van der Waals surface area contributed by atoms with Gasteiger partial charge in [0.1, 0.15) is 0 Å². The maximum Gasteiger partial charge on any atom is 0.190 e. The van der Waals surface area contributed by atoms with Crippen molar-refractivity contribution in [2.45, 2.75) is 25.4 Å². The molecular formula is C15H31N3O4. The van der Waals surface area contributed by atoms with Gasteiger partial charge in [0.25, 0.3) is 0 Å². The molecule has 1 rings (SSSR count). The van der Waals surface area contributed by atoms with Crippen LogP contribution in [0, 0.1) is 0 Å². The second-order valence-corrected chi connectivity index (χ2v) is 5.09. The molecule has 0 aromatic heterocycles. The van der Waals surface area contributed by atoms with E-state index in [1.165, 1.54) is 0 Å². The molecule has 0 aromatic carbocycles. The first kappa shape index (κ1) is 19.2. The number of methoxy groups -OCH3 is 1. The van der Waals surface area contributed by atoms with Crippen molar-refractivity contribution in [3.8, 4) is 0 Å². The van der Waals surface area contributed by atoms with Gasteiger partial charge in [-0.3, -0.25) is 4.99 Å². The van der Waals surface area contributed by atoms with Gasteiger partial charge in [0.2, 0.25) is 0 Å². The van der Waals surface area contributed by atoms with Gasteiger partial charge in [-0.1, -0.05) is 0 Å². The van der Waals surface area contributed by atoms with Crippen LogP contribution >= 0.6 is 0 Å². The third kappa shape index (κ3) is 9.94. The summed E-state index contributed by atoms with van der Waals surface area (Å²) < 4.78 is 21.3. The van der Waals surface area contributed by atoms with Gasteiger partial charge in [-0.15, -0.1) is 0 Å². The number of hydrogen-bond acceptors (Lipinski definition) is 5. The Balaban J connectivity index is 1.89. The summed E-state index contributed by atoms with van der Waals surface area (Å²) in [5, 5.41) is 6.53. The van der Waals surface area contributed by atoms with E-state index in [4.69, 9.17) is 18.9 Å². The van der Waals surface area contributed by atoms with E-state index in [1.807, 2.05) is 0 Å². The summed E-state index contributed by atoms with van der Waals surface area (Å²) in [5.74, 6) is 0.820. The van der Waals surface area contributed by atoms with Crippen molar-refractivity contribution in [1.82, 2.24) is 10.6 Å². The second kappa shape index (κ2) is 13.8. The highest BCUT2D eigenvalue weighted by atomic mass is 16.5. The monoisotopic (exact) mass is 317 g/mol. The van der Waals surface area contributed by atoms with Crippen molar-refractivity contribution >= 4 is 5.96 Å². The Morgan fingerprint density at radius 1 is 1.14 bits per heavy atom. The zero-order valence-corrected chi connectivity index (χ0v) is 13.9. The minimum Gasteiger partial charge on any atom is -0.382 e. The molecule has 2 N–H and O–H groups in total. The fourth-order valence-electron chi connectivity index (χ4n) is 2.02. The van der Waals surface area contributed by atoms with Gasteiger partial charge in [-0.05, 0) is 19.3 Å². The normalized spacial score (nSPS) is 18.6. The Bertz CT molecular complexity index is 284. The Kier molecular flexibility index (Phi) is 12.0. The molecule has 130 valence electrons. The van der Waals surface area contributed by atoms with Crippen LogP contribution in [0.4, 0.5) is 0 Å². The number of nitrogens with zero attached hydrogens (tertiary/aromatic N) is 1. The number of rotatable bonds is 12.